The lowest BCUT2D eigenvalue weighted by atomic mass is 10.3. The van der Waals surface area contributed by atoms with Crippen molar-refractivity contribution in [3.63, 3.8) is 0 Å². The summed E-state index contributed by atoms with van der Waals surface area (Å²) in [6, 6.07) is 1.85. The van der Waals surface area contributed by atoms with Gasteiger partial charge >= 0.3 is 0 Å². The van der Waals surface area contributed by atoms with Crippen LogP contribution in [-0.4, -0.2) is 12.1 Å². The van der Waals surface area contributed by atoms with Gasteiger partial charge in [-0.2, -0.15) is 10.7 Å². The molecule has 0 spiro atoms. The summed E-state index contributed by atoms with van der Waals surface area (Å²) >= 11 is 0. The maximum atomic E-state index is 8.42. The number of nitriles is 1. The zero-order valence-corrected chi connectivity index (χ0v) is 6.84. The second-order valence-corrected chi connectivity index (χ2v) is 2.99. The lowest BCUT2D eigenvalue weighted by Gasteiger charge is -2.12. The fourth-order valence-electron chi connectivity index (χ4n) is 1.23. The van der Waals surface area contributed by atoms with Crippen molar-refractivity contribution in [2.24, 2.45) is 0 Å². The Hall–Kier alpha value is -0.590. The van der Waals surface area contributed by atoms with E-state index in [0.29, 0.717) is 6.10 Å². The van der Waals surface area contributed by atoms with Gasteiger partial charge in [-0.05, 0) is 19.8 Å². The second-order valence-electron chi connectivity index (χ2n) is 2.99. The summed E-state index contributed by atoms with van der Waals surface area (Å²) in [5.74, 6) is 0. The third kappa shape index (κ3) is 2.87. The highest BCUT2D eigenvalue weighted by Crippen LogP contribution is 2.19. The zero-order chi connectivity index (χ0) is 8.10. The number of hydroxylamine groups is 1. The molecule has 1 unspecified atom stereocenters. The Morgan fingerprint density at radius 3 is 2.73 bits per heavy atom. The van der Waals surface area contributed by atoms with E-state index in [1.54, 1.807) is 6.92 Å². The fourth-order valence-corrected chi connectivity index (χ4v) is 1.23. The predicted molar refractivity (Wildman–Crippen MR) is 41.6 cm³/mol. The molecule has 1 aliphatic carbocycles. The Labute approximate surface area is 67.3 Å². The Balaban J connectivity index is 2.07. The molecule has 0 heterocycles. The molecular weight excluding hydrogens is 140 g/mol. The molecule has 1 N–H and O–H groups in total. The molecule has 1 aliphatic rings. The summed E-state index contributed by atoms with van der Waals surface area (Å²) < 4.78 is 0. The van der Waals surface area contributed by atoms with Gasteiger partial charge in [0.1, 0.15) is 6.04 Å². The molecule has 1 atom stereocenters. The highest BCUT2D eigenvalue weighted by atomic mass is 16.7. The Bertz CT molecular complexity index is 147. The number of nitrogens with one attached hydrogen (secondary N) is 1. The van der Waals surface area contributed by atoms with Crippen molar-refractivity contribution < 1.29 is 4.84 Å². The third-order valence-electron chi connectivity index (χ3n) is 1.91. The summed E-state index contributed by atoms with van der Waals surface area (Å²) in [6.07, 6.45) is 5.11. The van der Waals surface area contributed by atoms with E-state index in [-0.39, 0.29) is 6.04 Å². The van der Waals surface area contributed by atoms with Crippen LogP contribution in [0.25, 0.3) is 0 Å². The molecule has 0 aromatic carbocycles. The molecule has 0 aromatic rings. The number of hydrogen-bond donors (Lipinski definition) is 1. The molecule has 1 rings (SSSR count). The molecule has 11 heavy (non-hydrogen) atoms. The smallest absolute Gasteiger partial charge is 0.116 e. The third-order valence-corrected chi connectivity index (χ3v) is 1.91. The first-order valence-corrected chi connectivity index (χ1v) is 4.13. The number of hydrogen-bond acceptors (Lipinski definition) is 3. The van der Waals surface area contributed by atoms with Crippen molar-refractivity contribution in [2.45, 2.75) is 44.8 Å². The molecule has 0 amide bonds. The van der Waals surface area contributed by atoms with Crippen LogP contribution in [0.15, 0.2) is 0 Å². The Morgan fingerprint density at radius 1 is 1.55 bits per heavy atom. The highest BCUT2D eigenvalue weighted by molar-refractivity contribution is 4.82. The Morgan fingerprint density at radius 2 is 2.18 bits per heavy atom. The lowest BCUT2D eigenvalue weighted by molar-refractivity contribution is -0.0283. The molecule has 3 nitrogen and oxygen atoms in total. The maximum absolute atomic E-state index is 8.42. The minimum Gasteiger partial charge on any atom is -0.297 e. The Kier molecular flexibility index (Phi) is 3.34. The van der Waals surface area contributed by atoms with Gasteiger partial charge in [-0.3, -0.25) is 4.84 Å². The fraction of sp³-hybridized carbons (Fsp3) is 0.875. The molecule has 0 radical (unpaired) electrons. The summed E-state index contributed by atoms with van der Waals surface area (Å²) in [4.78, 5) is 5.28. The van der Waals surface area contributed by atoms with Gasteiger partial charge in [0.05, 0.1) is 12.2 Å². The summed E-state index contributed by atoms with van der Waals surface area (Å²) in [6.45, 7) is 1.79. The van der Waals surface area contributed by atoms with Crippen LogP contribution < -0.4 is 5.48 Å². The van der Waals surface area contributed by atoms with E-state index in [0.717, 1.165) is 12.8 Å². The van der Waals surface area contributed by atoms with Gasteiger partial charge in [-0.15, -0.1) is 0 Å². The van der Waals surface area contributed by atoms with Crippen molar-refractivity contribution in [3.05, 3.63) is 0 Å². The summed E-state index contributed by atoms with van der Waals surface area (Å²) in [5, 5.41) is 8.42. The van der Waals surface area contributed by atoms with E-state index in [9.17, 15) is 0 Å². The standard InChI is InChI=1S/C8H14N2O/c1-7(6-9)10-11-8-4-2-3-5-8/h7-8,10H,2-5H2,1H3. The van der Waals surface area contributed by atoms with E-state index in [4.69, 9.17) is 10.1 Å². The van der Waals surface area contributed by atoms with Crippen LogP contribution in [0.4, 0.5) is 0 Å². The van der Waals surface area contributed by atoms with Gasteiger partial charge in [0.2, 0.25) is 0 Å². The molecule has 0 saturated heterocycles. The summed E-state index contributed by atoms with van der Waals surface area (Å²) in [5.41, 5.74) is 2.71. The topological polar surface area (TPSA) is 45.0 Å². The average Bonchev–Trinajstić information content (AvgIpc) is 2.52. The van der Waals surface area contributed by atoms with Gasteiger partial charge in [0.25, 0.3) is 0 Å². The van der Waals surface area contributed by atoms with Crippen LogP contribution in [-0.2, 0) is 4.84 Å². The number of rotatable bonds is 3. The maximum Gasteiger partial charge on any atom is 0.116 e. The van der Waals surface area contributed by atoms with Crippen molar-refractivity contribution in [1.29, 1.82) is 5.26 Å². The monoisotopic (exact) mass is 154 g/mol. The van der Waals surface area contributed by atoms with Crippen LogP contribution in [0.5, 0.6) is 0 Å². The van der Waals surface area contributed by atoms with E-state index in [1.807, 2.05) is 0 Å². The lowest BCUT2D eigenvalue weighted by Crippen LogP contribution is -2.28. The molecule has 1 fully saturated rings. The van der Waals surface area contributed by atoms with E-state index < -0.39 is 0 Å². The summed E-state index contributed by atoms with van der Waals surface area (Å²) in [7, 11) is 0. The first-order valence-electron chi connectivity index (χ1n) is 4.13. The molecule has 0 aromatic heterocycles. The van der Waals surface area contributed by atoms with Crippen LogP contribution in [0.3, 0.4) is 0 Å². The molecule has 1 saturated carbocycles. The van der Waals surface area contributed by atoms with E-state index >= 15 is 0 Å². The van der Waals surface area contributed by atoms with Gasteiger partial charge in [0.15, 0.2) is 0 Å². The van der Waals surface area contributed by atoms with Crippen LogP contribution in [0, 0.1) is 11.3 Å². The molecule has 0 bridgehead atoms. The van der Waals surface area contributed by atoms with Gasteiger partial charge in [-0.1, -0.05) is 12.8 Å². The predicted octanol–water partition coefficient (Wildman–Crippen LogP) is 1.36. The largest absolute Gasteiger partial charge is 0.297 e. The molecule has 0 aliphatic heterocycles. The minimum absolute atomic E-state index is 0.199. The highest BCUT2D eigenvalue weighted by Gasteiger charge is 2.15. The normalized spacial score (nSPS) is 21.5. The van der Waals surface area contributed by atoms with Crippen LogP contribution in [0.1, 0.15) is 32.6 Å². The second kappa shape index (κ2) is 4.32. The van der Waals surface area contributed by atoms with Gasteiger partial charge < -0.3 is 0 Å². The quantitative estimate of drug-likeness (QED) is 0.624. The first kappa shape index (κ1) is 8.51. The van der Waals surface area contributed by atoms with Gasteiger partial charge in [-0.25, -0.2) is 0 Å². The van der Waals surface area contributed by atoms with Crippen molar-refractivity contribution in [3.8, 4) is 6.07 Å². The molecule has 3 heteroatoms. The average molecular weight is 154 g/mol. The zero-order valence-electron chi connectivity index (χ0n) is 6.84. The van der Waals surface area contributed by atoms with Crippen LogP contribution in [0.2, 0.25) is 0 Å². The van der Waals surface area contributed by atoms with E-state index in [2.05, 4.69) is 11.5 Å². The van der Waals surface area contributed by atoms with Crippen molar-refractivity contribution in [1.82, 2.24) is 5.48 Å². The molecule has 62 valence electrons. The minimum atomic E-state index is -0.199. The van der Waals surface area contributed by atoms with Gasteiger partial charge in [0, 0.05) is 0 Å². The first-order chi connectivity index (χ1) is 5.33. The SMILES string of the molecule is CC(C#N)NOC1CCCC1. The van der Waals surface area contributed by atoms with Crippen LogP contribution >= 0.6 is 0 Å². The number of nitrogens with zero attached hydrogens (tertiary/aromatic N) is 1. The van der Waals surface area contributed by atoms with Crippen molar-refractivity contribution >= 4 is 0 Å². The van der Waals surface area contributed by atoms with Crippen molar-refractivity contribution in [2.75, 3.05) is 0 Å². The molecular formula is C8H14N2O. The van der Waals surface area contributed by atoms with E-state index in [1.165, 1.54) is 12.8 Å².